The highest BCUT2D eigenvalue weighted by Crippen LogP contribution is 2.31. The minimum Gasteiger partial charge on any atom is -0.497 e. The maximum atomic E-state index is 12.6. The van der Waals surface area contributed by atoms with E-state index >= 15 is 0 Å². The number of hydrogen-bond acceptors (Lipinski definition) is 6. The first-order valence-corrected chi connectivity index (χ1v) is 9.49. The van der Waals surface area contributed by atoms with Crippen LogP contribution in [0.15, 0.2) is 23.1 Å². The molecule has 0 saturated carbocycles. The lowest BCUT2D eigenvalue weighted by atomic mass is 10.3. The minimum atomic E-state index is -3.79. The van der Waals surface area contributed by atoms with Crippen LogP contribution in [0.25, 0.3) is 0 Å². The Kier molecular flexibility index (Phi) is 4.45. The Labute approximate surface area is 124 Å². The Morgan fingerprint density at radius 1 is 1.10 bits per heavy atom. The van der Waals surface area contributed by atoms with Crippen LogP contribution in [0.2, 0.25) is 0 Å². The summed E-state index contributed by atoms with van der Waals surface area (Å²) in [5, 5.41) is 0. The van der Waals surface area contributed by atoms with Gasteiger partial charge in [-0.05, 0) is 12.1 Å². The number of nitrogens with zero attached hydrogens (tertiary/aromatic N) is 1. The van der Waals surface area contributed by atoms with E-state index in [1.807, 2.05) is 0 Å². The van der Waals surface area contributed by atoms with E-state index in [0.717, 1.165) is 0 Å². The molecule has 2 rings (SSSR count). The van der Waals surface area contributed by atoms with E-state index in [1.165, 1.54) is 36.7 Å². The van der Waals surface area contributed by atoms with Crippen LogP contribution in [-0.4, -0.2) is 60.0 Å². The normalized spacial score (nSPS) is 19.1. The Hall–Kier alpha value is -1.32. The summed E-state index contributed by atoms with van der Waals surface area (Å²) in [6.45, 7) is -0.0836. The highest BCUT2D eigenvalue weighted by Gasteiger charge is 2.33. The zero-order valence-corrected chi connectivity index (χ0v) is 13.4. The van der Waals surface area contributed by atoms with Gasteiger partial charge >= 0.3 is 0 Å². The van der Waals surface area contributed by atoms with Crippen LogP contribution in [-0.2, 0) is 19.9 Å². The van der Waals surface area contributed by atoms with Gasteiger partial charge < -0.3 is 9.47 Å². The number of rotatable bonds is 4. The fraction of sp³-hybridized carbons (Fsp3) is 0.500. The van der Waals surface area contributed by atoms with Crippen LogP contribution in [0.3, 0.4) is 0 Å². The molecule has 0 bridgehead atoms. The van der Waals surface area contributed by atoms with Crippen molar-refractivity contribution in [2.24, 2.45) is 0 Å². The van der Waals surface area contributed by atoms with Gasteiger partial charge in [-0.3, -0.25) is 0 Å². The first kappa shape index (κ1) is 16.1. The predicted molar refractivity (Wildman–Crippen MR) is 77.0 cm³/mol. The second kappa shape index (κ2) is 5.82. The molecule has 118 valence electrons. The van der Waals surface area contributed by atoms with Crippen molar-refractivity contribution in [2.75, 3.05) is 38.8 Å². The molecule has 0 spiro atoms. The summed E-state index contributed by atoms with van der Waals surface area (Å²) >= 11 is 0. The van der Waals surface area contributed by atoms with Crippen molar-refractivity contribution in [1.29, 1.82) is 0 Å². The van der Waals surface area contributed by atoms with Gasteiger partial charge in [0, 0.05) is 19.2 Å². The molecular formula is C12H17NO6S2. The highest BCUT2D eigenvalue weighted by molar-refractivity contribution is 7.92. The second-order valence-electron chi connectivity index (χ2n) is 4.57. The molecule has 0 unspecified atom stereocenters. The monoisotopic (exact) mass is 335 g/mol. The van der Waals surface area contributed by atoms with Gasteiger partial charge in [0.25, 0.3) is 0 Å². The van der Waals surface area contributed by atoms with Gasteiger partial charge in [0.1, 0.15) is 16.4 Å². The fourth-order valence-corrected chi connectivity index (χ4v) is 5.07. The SMILES string of the molecule is COc1ccc(S(=O)(=O)N2CCS(=O)(=O)CC2)c(OC)c1. The summed E-state index contributed by atoms with van der Waals surface area (Å²) in [7, 11) is -4.09. The summed E-state index contributed by atoms with van der Waals surface area (Å²) < 4.78 is 59.3. The third kappa shape index (κ3) is 3.30. The van der Waals surface area contributed by atoms with Gasteiger partial charge in [-0.15, -0.1) is 0 Å². The van der Waals surface area contributed by atoms with Crippen LogP contribution in [0, 0.1) is 0 Å². The van der Waals surface area contributed by atoms with Crippen LogP contribution >= 0.6 is 0 Å². The molecule has 0 aromatic heterocycles. The first-order valence-electron chi connectivity index (χ1n) is 6.23. The molecule has 9 heteroatoms. The summed E-state index contributed by atoms with van der Waals surface area (Å²) in [6, 6.07) is 4.40. The summed E-state index contributed by atoms with van der Waals surface area (Å²) in [5.41, 5.74) is 0. The van der Waals surface area contributed by atoms with Crippen molar-refractivity contribution in [1.82, 2.24) is 4.31 Å². The smallest absolute Gasteiger partial charge is 0.246 e. The molecule has 0 radical (unpaired) electrons. The first-order chi connectivity index (χ1) is 9.80. The summed E-state index contributed by atoms with van der Waals surface area (Å²) in [4.78, 5) is 0.00472. The molecule has 1 heterocycles. The van der Waals surface area contributed by atoms with E-state index < -0.39 is 19.9 Å². The number of ether oxygens (including phenoxy) is 2. The summed E-state index contributed by atoms with van der Waals surface area (Å²) in [5.74, 6) is 0.324. The Morgan fingerprint density at radius 3 is 2.24 bits per heavy atom. The van der Waals surface area contributed by atoms with Crippen LogP contribution in [0.4, 0.5) is 0 Å². The van der Waals surface area contributed by atoms with Crippen LogP contribution in [0.1, 0.15) is 0 Å². The molecule has 21 heavy (non-hydrogen) atoms. The van der Waals surface area contributed by atoms with E-state index in [4.69, 9.17) is 9.47 Å². The van der Waals surface area contributed by atoms with E-state index in [9.17, 15) is 16.8 Å². The zero-order valence-electron chi connectivity index (χ0n) is 11.8. The predicted octanol–water partition coefficient (Wildman–Crippen LogP) is 0.123. The topological polar surface area (TPSA) is 90.0 Å². The van der Waals surface area contributed by atoms with E-state index in [0.29, 0.717) is 5.75 Å². The number of hydrogen-bond donors (Lipinski definition) is 0. The molecule has 1 aliphatic heterocycles. The van der Waals surface area contributed by atoms with E-state index in [-0.39, 0.29) is 35.2 Å². The van der Waals surface area contributed by atoms with Gasteiger partial charge in [0.05, 0.1) is 25.7 Å². The van der Waals surface area contributed by atoms with E-state index in [2.05, 4.69) is 0 Å². The van der Waals surface area contributed by atoms with Crippen molar-refractivity contribution in [2.45, 2.75) is 4.90 Å². The third-order valence-electron chi connectivity index (χ3n) is 3.29. The van der Waals surface area contributed by atoms with Crippen molar-refractivity contribution in [3.63, 3.8) is 0 Å². The number of benzene rings is 1. The Balaban J connectivity index is 2.36. The molecule has 7 nitrogen and oxygen atoms in total. The molecule has 1 aromatic rings. The largest absolute Gasteiger partial charge is 0.497 e. The quantitative estimate of drug-likeness (QED) is 0.776. The number of methoxy groups -OCH3 is 2. The molecule has 1 fully saturated rings. The van der Waals surface area contributed by atoms with Crippen molar-refractivity contribution < 1.29 is 26.3 Å². The lowest BCUT2D eigenvalue weighted by Crippen LogP contribution is -2.43. The average Bonchev–Trinajstić information content (AvgIpc) is 2.46. The third-order valence-corrected chi connectivity index (χ3v) is 6.84. The van der Waals surface area contributed by atoms with Gasteiger partial charge in [-0.25, -0.2) is 16.8 Å². The average molecular weight is 335 g/mol. The van der Waals surface area contributed by atoms with Gasteiger partial charge in [0.15, 0.2) is 9.84 Å². The van der Waals surface area contributed by atoms with Crippen LogP contribution in [0.5, 0.6) is 11.5 Å². The Morgan fingerprint density at radius 2 is 1.71 bits per heavy atom. The second-order valence-corrected chi connectivity index (χ2v) is 8.78. The minimum absolute atomic E-state index is 0.00472. The fourth-order valence-electron chi connectivity index (χ4n) is 2.06. The highest BCUT2D eigenvalue weighted by atomic mass is 32.2. The van der Waals surface area contributed by atoms with Crippen molar-refractivity contribution >= 4 is 19.9 Å². The molecule has 1 aliphatic rings. The van der Waals surface area contributed by atoms with E-state index in [1.54, 1.807) is 0 Å². The lowest BCUT2D eigenvalue weighted by Gasteiger charge is -2.26. The Bertz CT molecular complexity index is 712. The zero-order chi connectivity index (χ0) is 15.7. The summed E-state index contributed by atoms with van der Waals surface area (Å²) in [6.07, 6.45) is 0. The maximum Gasteiger partial charge on any atom is 0.246 e. The van der Waals surface area contributed by atoms with Crippen molar-refractivity contribution in [3.05, 3.63) is 18.2 Å². The van der Waals surface area contributed by atoms with Crippen LogP contribution < -0.4 is 9.47 Å². The van der Waals surface area contributed by atoms with Crippen molar-refractivity contribution in [3.8, 4) is 11.5 Å². The molecule has 1 aromatic carbocycles. The molecule has 0 aliphatic carbocycles. The molecule has 1 saturated heterocycles. The molecule has 0 N–H and O–H groups in total. The number of sulfonamides is 1. The van der Waals surface area contributed by atoms with Gasteiger partial charge in [0.2, 0.25) is 10.0 Å². The van der Waals surface area contributed by atoms with Gasteiger partial charge in [-0.1, -0.05) is 0 Å². The molecule has 0 amide bonds. The molecular weight excluding hydrogens is 318 g/mol. The number of sulfone groups is 1. The lowest BCUT2D eigenvalue weighted by molar-refractivity contribution is 0.381. The van der Waals surface area contributed by atoms with Gasteiger partial charge in [-0.2, -0.15) is 4.31 Å². The maximum absolute atomic E-state index is 12.6. The standard InChI is InChI=1S/C12H17NO6S2/c1-18-10-3-4-12(11(9-10)19-2)21(16,17)13-5-7-20(14,15)8-6-13/h3-4,9H,5-8H2,1-2H3. The molecule has 0 atom stereocenters.